The number of likely N-dealkylation sites (tertiary alicyclic amines) is 1. The van der Waals surface area contributed by atoms with Crippen molar-refractivity contribution in [2.24, 2.45) is 11.3 Å². The number of β-amino-alcohol motifs (C(OH)–C–C–N with tert-alkyl or cyclic N) is 1. The summed E-state index contributed by atoms with van der Waals surface area (Å²) >= 11 is 0. The number of amides is 4. The predicted molar refractivity (Wildman–Crippen MR) is 256 cm³/mol. The molecule has 2 aromatic carbocycles. The molecular formula is C52H65F2N7O8. The molecule has 0 radical (unpaired) electrons. The van der Waals surface area contributed by atoms with Crippen molar-refractivity contribution in [3.8, 4) is 22.4 Å². The van der Waals surface area contributed by atoms with Crippen LogP contribution in [0.25, 0.3) is 33.3 Å². The average molecular weight is 954 g/mol. The summed E-state index contributed by atoms with van der Waals surface area (Å²) < 4.78 is 44.1. The molecule has 3 aliphatic heterocycles. The number of pyridine rings is 1. The Morgan fingerprint density at radius 1 is 1.10 bits per heavy atom. The number of rotatable bonds is 11. The van der Waals surface area contributed by atoms with Gasteiger partial charge in [0.1, 0.15) is 18.1 Å². The summed E-state index contributed by atoms with van der Waals surface area (Å²) in [4.78, 5) is 76.8. The van der Waals surface area contributed by atoms with Crippen LogP contribution in [0.5, 0.6) is 0 Å². The van der Waals surface area contributed by atoms with Gasteiger partial charge in [0.15, 0.2) is 5.60 Å². The topological polar surface area (TPSA) is 176 Å². The quantitative estimate of drug-likeness (QED) is 0.114. The molecule has 15 nitrogen and oxygen atoms in total. The van der Waals surface area contributed by atoms with E-state index in [4.69, 9.17) is 14.5 Å². The number of alkyl halides is 2. The van der Waals surface area contributed by atoms with E-state index in [0.717, 1.165) is 44.4 Å². The summed E-state index contributed by atoms with van der Waals surface area (Å²) in [6.45, 7) is 15.5. The highest BCUT2D eigenvalue weighted by atomic mass is 19.3. The highest BCUT2D eigenvalue weighted by Gasteiger charge is 2.48. The molecule has 5 atom stereocenters. The standard InChI is InChI=1S/C52H65F2N7O8/c1-10-42(62)59-21-18-52(67,28-59)50(66)58(8)44(30(3)4)47(63)56-40-24-32-22-34(25-35(23-32)46(53)54)33-16-17-41-37(26-33)38(45(60(41)11-2)36-14-12-19-55-43(36)31(5)68-9)27-51(6,7)29-69-49(65)39-15-13-20-61(57-39)48(40)64/h10,12,14,16-17,19,22-23,25-26,30-31,39-40,44,46,57,67H,1,11,13,15,18,20-21,24,27-29H2,2-9H3,(H,56,63)/t31-,39-,40-,44-,52-/m0/s1. The first kappa shape index (κ1) is 50.8. The number of likely N-dealkylation sites (N-methyl/N-ethyl adjacent to an activating group) is 1. The van der Waals surface area contributed by atoms with Crippen molar-refractivity contribution < 1.29 is 47.3 Å². The molecule has 4 aromatic rings. The Hall–Kier alpha value is -6.04. The lowest BCUT2D eigenvalue weighted by Gasteiger charge is -2.37. The molecule has 6 bridgehead atoms. The van der Waals surface area contributed by atoms with Crippen LogP contribution < -0.4 is 10.7 Å². The molecule has 370 valence electrons. The summed E-state index contributed by atoms with van der Waals surface area (Å²) in [6.07, 6.45) is 0.526. The highest BCUT2D eigenvalue weighted by Crippen LogP contribution is 2.42. The predicted octanol–water partition coefficient (Wildman–Crippen LogP) is 6.32. The van der Waals surface area contributed by atoms with Gasteiger partial charge in [-0.05, 0) is 97.7 Å². The van der Waals surface area contributed by atoms with Crippen LogP contribution in [-0.2, 0) is 52.8 Å². The zero-order valence-electron chi connectivity index (χ0n) is 40.8. The first-order valence-corrected chi connectivity index (χ1v) is 23.7. The van der Waals surface area contributed by atoms with Crippen LogP contribution in [-0.4, -0.2) is 123 Å². The molecule has 0 aliphatic carbocycles. The van der Waals surface area contributed by atoms with E-state index >= 15 is 0 Å². The number of methoxy groups -OCH3 is 1. The monoisotopic (exact) mass is 953 g/mol. The number of benzene rings is 2. The minimum absolute atomic E-state index is 0.0310. The highest BCUT2D eigenvalue weighted by molar-refractivity contribution is 5.97. The molecule has 0 spiro atoms. The lowest BCUT2D eigenvalue weighted by atomic mass is 9.84. The summed E-state index contributed by atoms with van der Waals surface area (Å²) in [5.41, 5.74) is 5.99. The Bertz CT molecular complexity index is 2630. The number of aliphatic hydroxyl groups is 1. The van der Waals surface area contributed by atoms with Gasteiger partial charge in [-0.25, -0.2) is 14.2 Å². The van der Waals surface area contributed by atoms with Crippen molar-refractivity contribution in [1.82, 2.24) is 35.1 Å². The summed E-state index contributed by atoms with van der Waals surface area (Å²) in [6, 6.07) is 10.8. The molecule has 17 heteroatoms. The first-order valence-electron chi connectivity index (χ1n) is 23.7. The number of hydrogen-bond donors (Lipinski definition) is 3. The van der Waals surface area contributed by atoms with Crippen LogP contribution in [0.15, 0.2) is 67.4 Å². The summed E-state index contributed by atoms with van der Waals surface area (Å²) in [5.74, 6) is -3.69. The molecule has 3 aliphatic rings. The molecule has 5 heterocycles. The number of nitrogens with one attached hydrogen (secondary N) is 2. The maximum absolute atomic E-state index is 15.0. The van der Waals surface area contributed by atoms with Crippen molar-refractivity contribution in [1.29, 1.82) is 0 Å². The number of nitrogens with zero attached hydrogens (tertiary/aromatic N) is 5. The SMILES string of the molecule is C=CC(=O)N1CC[C@@](O)(C(=O)N(C)[C@H](C(=O)N[C@H]2Cc3cc(cc(C(F)F)c3)-c3ccc4c(c3)c(c(-c3cccnc3[C@H](C)OC)n4CC)CC(C)(C)COC(=O)[C@@H]3CCCN(N3)C2=O)C(C)C)C1. The molecule has 69 heavy (non-hydrogen) atoms. The van der Waals surface area contributed by atoms with E-state index in [9.17, 15) is 37.9 Å². The molecule has 2 aromatic heterocycles. The van der Waals surface area contributed by atoms with Crippen LogP contribution in [0.2, 0.25) is 0 Å². The number of hydrazine groups is 1. The molecular weight excluding hydrogens is 889 g/mol. The smallest absolute Gasteiger partial charge is 0.324 e. The van der Waals surface area contributed by atoms with E-state index in [-0.39, 0.29) is 50.8 Å². The van der Waals surface area contributed by atoms with Crippen molar-refractivity contribution >= 4 is 40.5 Å². The van der Waals surface area contributed by atoms with E-state index in [1.807, 2.05) is 51.1 Å². The third kappa shape index (κ3) is 10.5. The molecule has 0 saturated carbocycles. The molecule has 2 fully saturated rings. The number of carbonyl (C=O) groups excluding carboxylic acids is 5. The van der Waals surface area contributed by atoms with E-state index in [2.05, 4.69) is 28.8 Å². The lowest BCUT2D eigenvalue weighted by Crippen LogP contribution is -2.63. The van der Waals surface area contributed by atoms with Gasteiger partial charge in [0, 0.05) is 80.3 Å². The van der Waals surface area contributed by atoms with Gasteiger partial charge in [-0.15, -0.1) is 0 Å². The number of aryl methyl sites for hydroxylation is 1. The van der Waals surface area contributed by atoms with Gasteiger partial charge in [0.05, 0.1) is 30.6 Å². The Morgan fingerprint density at radius 2 is 1.86 bits per heavy atom. The maximum Gasteiger partial charge on any atom is 0.324 e. The minimum Gasteiger partial charge on any atom is -0.464 e. The lowest BCUT2D eigenvalue weighted by molar-refractivity contribution is -0.156. The van der Waals surface area contributed by atoms with Crippen LogP contribution in [0.1, 0.15) is 95.7 Å². The van der Waals surface area contributed by atoms with Gasteiger partial charge in [0.2, 0.25) is 11.8 Å². The normalized spacial score (nSPS) is 21.8. The zero-order valence-corrected chi connectivity index (χ0v) is 40.8. The first-order chi connectivity index (χ1) is 32.7. The van der Waals surface area contributed by atoms with Gasteiger partial charge in [-0.2, -0.15) is 0 Å². The second kappa shape index (κ2) is 20.5. The number of halogens is 2. The number of ether oxygens (including phenoxy) is 2. The van der Waals surface area contributed by atoms with Crippen molar-refractivity contribution in [3.05, 3.63) is 89.8 Å². The number of aromatic nitrogens is 2. The number of fused-ring (bicyclic) bond motifs is 6. The van der Waals surface area contributed by atoms with Crippen molar-refractivity contribution in [3.63, 3.8) is 0 Å². The molecule has 2 saturated heterocycles. The van der Waals surface area contributed by atoms with Crippen molar-refractivity contribution in [2.45, 2.75) is 116 Å². The maximum atomic E-state index is 15.0. The third-order valence-corrected chi connectivity index (χ3v) is 13.7. The number of hydrogen-bond acceptors (Lipinski definition) is 10. The van der Waals surface area contributed by atoms with Gasteiger partial charge < -0.3 is 34.3 Å². The van der Waals surface area contributed by atoms with E-state index in [1.165, 1.54) is 29.1 Å². The van der Waals surface area contributed by atoms with Crippen LogP contribution in [0.3, 0.4) is 0 Å². The molecule has 3 N–H and O–H groups in total. The Kier molecular flexibility index (Phi) is 15.1. The summed E-state index contributed by atoms with van der Waals surface area (Å²) in [5, 5.41) is 16.5. The zero-order chi connectivity index (χ0) is 50.1. The van der Waals surface area contributed by atoms with Gasteiger partial charge >= 0.3 is 5.97 Å². The molecule has 0 unspecified atom stereocenters. The number of cyclic esters (lactones) is 1. The van der Waals surface area contributed by atoms with Gasteiger partial charge in [-0.1, -0.05) is 52.5 Å². The fourth-order valence-corrected chi connectivity index (χ4v) is 10.2. The largest absolute Gasteiger partial charge is 0.464 e. The molecule has 7 rings (SSSR count). The van der Waals surface area contributed by atoms with Crippen molar-refractivity contribution in [2.75, 3.05) is 40.4 Å². The Balaban J connectivity index is 1.35. The minimum atomic E-state index is -2.88. The van der Waals surface area contributed by atoms with Crippen LogP contribution >= 0.6 is 0 Å². The van der Waals surface area contributed by atoms with Gasteiger partial charge in [0.25, 0.3) is 18.2 Å². The van der Waals surface area contributed by atoms with Gasteiger partial charge in [-0.3, -0.25) is 34.0 Å². The molecule has 4 amide bonds. The Morgan fingerprint density at radius 3 is 2.54 bits per heavy atom. The van der Waals surface area contributed by atoms with Crippen LogP contribution in [0, 0.1) is 11.3 Å². The Labute approximate surface area is 402 Å². The second-order valence-electron chi connectivity index (χ2n) is 19.8. The number of esters is 1. The van der Waals surface area contributed by atoms with E-state index in [0.29, 0.717) is 42.5 Å². The third-order valence-electron chi connectivity index (χ3n) is 13.7. The second-order valence-corrected chi connectivity index (χ2v) is 19.8. The van der Waals surface area contributed by atoms with Crippen LogP contribution in [0.4, 0.5) is 8.78 Å². The van der Waals surface area contributed by atoms with E-state index < -0.39 is 71.1 Å². The summed E-state index contributed by atoms with van der Waals surface area (Å²) in [7, 11) is 3.01. The number of carbonyl (C=O) groups is 5. The fraction of sp³-hybridized carbons (Fsp3) is 0.500. The average Bonchev–Trinajstić information content (AvgIpc) is 3.88. The fourth-order valence-electron chi connectivity index (χ4n) is 10.2. The van der Waals surface area contributed by atoms with E-state index in [1.54, 1.807) is 33.2 Å².